The SMILES string of the molecule is COc1nc(-c2ccnc(-c3cccc(NC(=O)c4nc5c(n4C)CCN(C(=O)[C@H]4CCCNC4)C5)c3Cl)c2Cl)ccc1CNC[C@H]1CCC(=O)N1. The molecule has 15 heteroatoms. The van der Waals surface area contributed by atoms with Crippen LogP contribution in [0.5, 0.6) is 5.88 Å². The number of halogens is 2. The average molecular weight is 747 g/mol. The predicted octanol–water partition coefficient (Wildman–Crippen LogP) is 4.36. The Labute approximate surface area is 311 Å². The van der Waals surface area contributed by atoms with Gasteiger partial charge in [0, 0.05) is 80.7 Å². The molecule has 1 aromatic carbocycles. The maximum atomic E-state index is 13.6. The van der Waals surface area contributed by atoms with Crippen LogP contribution < -0.4 is 26.0 Å². The number of amides is 3. The molecule has 0 aliphatic carbocycles. The molecule has 6 heterocycles. The van der Waals surface area contributed by atoms with E-state index in [1.807, 2.05) is 24.1 Å². The van der Waals surface area contributed by atoms with E-state index in [0.29, 0.717) is 84.7 Å². The van der Waals surface area contributed by atoms with Gasteiger partial charge in [-0.25, -0.2) is 9.97 Å². The van der Waals surface area contributed by atoms with Gasteiger partial charge in [-0.1, -0.05) is 41.4 Å². The second-order valence-corrected chi connectivity index (χ2v) is 14.1. The molecule has 0 spiro atoms. The number of carbonyl (C=O) groups is 3. The summed E-state index contributed by atoms with van der Waals surface area (Å²) < 4.78 is 7.42. The number of nitrogens with one attached hydrogen (secondary N) is 4. The van der Waals surface area contributed by atoms with E-state index in [0.717, 1.165) is 42.8 Å². The van der Waals surface area contributed by atoms with Crippen molar-refractivity contribution in [3.63, 3.8) is 0 Å². The summed E-state index contributed by atoms with van der Waals surface area (Å²) in [7, 11) is 3.39. The molecule has 52 heavy (non-hydrogen) atoms. The van der Waals surface area contributed by atoms with Crippen LogP contribution in [0.2, 0.25) is 10.0 Å². The van der Waals surface area contributed by atoms with Crippen LogP contribution in [0.1, 0.15) is 53.3 Å². The zero-order valence-corrected chi connectivity index (χ0v) is 30.6. The predicted molar refractivity (Wildman–Crippen MR) is 198 cm³/mol. The molecular weight excluding hydrogens is 705 g/mol. The Hall–Kier alpha value is -4.56. The van der Waals surface area contributed by atoms with Gasteiger partial charge in [0.1, 0.15) is 0 Å². The zero-order valence-electron chi connectivity index (χ0n) is 29.1. The average Bonchev–Trinajstić information content (AvgIpc) is 3.74. The van der Waals surface area contributed by atoms with Gasteiger partial charge in [0.2, 0.25) is 17.7 Å². The molecule has 4 aromatic rings. The van der Waals surface area contributed by atoms with Gasteiger partial charge < -0.3 is 35.5 Å². The normalized spacial score (nSPS) is 18.5. The number of piperidine rings is 1. The molecule has 2 atom stereocenters. The first-order valence-electron chi connectivity index (χ1n) is 17.5. The van der Waals surface area contributed by atoms with E-state index in [4.69, 9.17) is 32.9 Å². The molecule has 272 valence electrons. The van der Waals surface area contributed by atoms with Gasteiger partial charge in [-0.3, -0.25) is 19.4 Å². The highest BCUT2D eigenvalue weighted by atomic mass is 35.5. The van der Waals surface area contributed by atoms with Crippen LogP contribution >= 0.6 is 23.2 Å². The zero-order chi connectivity index (χ0) is 36.4. The summed E-state index contributed by atoms with van der Waals surface area (Å²) in [6.45, 7) is 3.79. The molecule has 4 N–H and O–H groups in total. The second kappa shape index (κ2) is 15.6. The number of imidazole rings is 1. The van der Waals surface area contributed by atoms with Gasteiger partial charge in [-0.15, -0.1) is 0 Å². The van der Waals surface area contributed by atoms with Crippen molar-refractivity contribution in [2.45, 2.75) is 51.2 Å². The first-order valence-corrected chi connectivity index (χ1v) is 18.3. The molecule has 3 amide bonds. The Kier molecular flexibility index (Phi) is 10.7. The van der Waals surface area contributed by atoms with E-state index in [1.165, 1.54) is 0 Å². The highest BCUT2D eigenvalue weighted by Gasteiger charge is 2.32. The van der Waals surface area contributed by atoms with Gasteiger partial charge in [-0.2, -0.15) is 0 Å². The fourth-order valence-electron chi connectivity index (χ4n) is 7.20. The van der Waals surface area contributed by atoms with Crippen molar-refractivity contribution in [2.75, 3.05) is 38.6 Å². The molecule has 0 saturated carbocycles. The van der Waals surface area contributed by atoms with Crippen molar-refractivity contribution in [1.29, 1.82) is 0 Å². The Morgan fingerprint density at radius 3 is 2.69 bits per heavy atom. The molecule has 13 nitrogen and oxygen atoms in total. The Morgan fingerprint density at radius 2 is 1.92 bits per heavy atom. The lowest BCUT2D eigenvalue weighted by atomic mass is 9.97. The van der Waals surface area contributed by atoms with Crippen LogP contribution in [0.25, 0.3) is 22.5 Å². The number of ether oxygens (including phenoxy) is 1. The van der Waals surface area contributed by atoms with Gasteiger partial charge in [0.15, 0.2) is 5.82 Å². The lowest BCUT2D eigenvalue weighted by molar-refractivity contribution is -0.137. The minimum atomic E-state index is -0.419. The van der Waals surface area contributed by atoms with E-state index in [-0.39, 0.29) is 34.6 Å². The number of nitrogens with zero attached hydrogens (tertiary/aromatic N) is 5. The second-order valence-electron chi connectivity index (χ2n) is 13.4. The third kappa shape index (κ3) is 7.36. The molecule has 3 aliphatic heterocycles. The number of pyridine rings is 2. The van der Waals surface area contributed by atoms with E-state index in [9.17, 15) is 14.4 Å². The smallest absolute Gasteiger partial charge is 0.291 e. The fraction of sp³-hybridized carbons (Fsp3) is 0.405. The number of methoxy groups -OCH3 is 1. The first-order chi connectivity index (χ1) is 25.2. The molecule has 2 fully saturated rings. The highest BCUT2D eigenvalue weighted by Crippen LogP contribution is 2.40. The topological polar surface area (TPSA) is 155 Å². The number of fused-ring (bicyclic) bond motifs is 1. The van der Waals surface area contributed by atoms with E-state index < -0.39 is 5.91 Å². The number of hydrogen-bond acceptors (Lipinski definition) is 9. The number of benzene rings is 1. The lowest BCUT2D eigenvalue weighted by Gasteiger charge is -2.32. The molecule has 0 bridgehead atoms. The summed E-state index contributed by atoms with van der Waals surface area (Å²) in [5.41, 5.74) is 5.10. The number of rotatable bonds is 10. The summed E-state index contributed by atoms with van der Waals surface area (Å²) in [5.74, 6) is 0.474. The van der Waals surface area contributed by atoms with Crippen LogP contribution in [0, 0.1) is 5.92 Å². The van der Waals surface area contributed by atoms with Crippen molar-refractivity contribution in [3.05, 3.63) is 75.4 Å². The first kappa shape index (κ1) is 35.8. The Balaban J connectivity index is 1.07. The van der Waals surface area contributed by atoms with Crippen molar-refractivity contribution in [1.82, 2.24) is 40.4 Å². The quantitative estimate of drug-likeness (QED) is 0.185. The van der Waals surface area contributed by atoms with E-state index in [1.54, 1.807) is 42.1 Å². The monoisotopic (exact) mass is 745 g/mol. The molecule has 0 radical (unpaired) electrons. The van der Waals surface area contributed by atoms with Crippen molar-refractivity contribution in [3.8, 4) is 28.4 Å². The van der Waals surface area contributed by atoms with Crippen LogP contribution in [0.3, 0.4) is 0 Å². The molecule has 0 unspecified atom stereocenters. The molecular formula is C37H41Cl2N9O4. The minimum absolute atomic E-state index is 0.0217. The van der Waals surface area contributed by atoms with Gasteiger partial charge >= 0.3 is 0 Å². The largest absolute Gasteiger partial charge is 0.481 e. The van der Waals surface area contributed by atoms with Crippen LogP contribution in [-0.4, -0.2) is 81.5 Å². The number of hydrogen-bond donors (Lipinski definition) is 4. The van der Waals surface area contributed by atoms with Crippen molar-refractivity contribution >= 4 is 46.6 Å². The van der Waals surface area contributed by atoms with Gasteiger partial charge in [0.05, 0.1) is 52.4 Å². The summed E-state index contributed by atoms with van der Waals surface area (Å²) in [5, 5.41) is 13.2. The standard InChI is InChI=1S/C37H41Cl2N9O4/c1-47-29-13-16-48(37(51)22-5-4-14-40-18-22)20-28(29)44-34(47)35(50)45-27-7-3-6-25(31(27)38)33-32(39)24(12-15-42-33)26-10-8-21(36(46-26)52-2)17-41-19-23-9-11-30(49)43-23/h3,6-8,10,12,15,22-23,40-41H,4-5,9,11,13-14,16-20H2,1-2H3,(H,43,49)(H,45,50)/t22-,23+/m0/s1. The van der Waals surface area contributed by atoms with Crippen LogP contribution in [0.15, 0.2) is 42.6 Å². The molecule has 3 aliphatic rings. The fourth-order valence-corrected chi connectivity index (χ4v) is 7.77. The number of aromatic nitrogens is 4. The summed E-state index contributed by atoms with van der Waals surface area (Å²) in [4.78, 5) is 54.2. The summed E-state index contributed by atoms with van der Waals surface area (Å²) >= 11 is 13.9. The Bertz CT molecular complexity index is 2010. The summed E-state index contributed by atoms with van der Waals surface area (Å²) in [6, 6.07) is 11.0. The lowest BCUT2D eigenvalue weighted by Crippen LogP contribution is -2.45. The minimum Gasteiger partial charge on any atom is -0.481 e. The van der Waals surface area contributed by atoms with Crippen LogP contribution in [-0.2, 0) is 36.1 Å². The molecule has 7 rings (SSSR count). The Morgan fingerprint density at radius 1 is 1.06 bits per heavy atom. The molecule has 3 aromatic heterocycles. The summed E-state index contributed by atoms with van der Waals surface area (Å²) in [6.07, 6.45) is 5.50. The van der Waals surface area contributed by atoms with Crippen LogP contribution in [0.4, 0.5) is 5.69 Å². The van der Waals surface area contributed by atoms with Gasteiger partial charge in [-0.05, 0) is 44.0 Å². The number of carbonyl (C=O) groups excluding carboxylic acids is 3. The third-order valence-electron chi connectivity index (χ3n) is 10.0. The van der Waals surface area contributed by atoms with E-state index >= 15 is 0 Å². The molecule has 2 saturated heterocycles. The van der Waals surface area contributed by atoms with Crippen molar-refractivity contribution in [2.24, 2.45) is 13.0 Å². The van der Waals surface area contributed by atoms with Crippen molar-refractivity contribution < 1.29 is 19.1 Å². The van der Waals surface area contributed by atoms with E-state index in [2.05, 4.69) is 31.2 Å². The van der Waals surface area contributed by atoms with Gasteiger partial charge in [0.25, 0.3) is 5.91 Å². The maximum absolute atomic E-state index is 13.6. The highest BCUT2D eigenvalue weighted by molar-refractivity contribution is 6.39. The number of anilines is 1. The maximum Gasteiger partial charge on any atom is 0.291 e. The third-order valence-corrected chi connectivity index (χ3v) is 10.8.